The monoisotopic (exact) mass is 552 g/mol. The Morgan fingerprint density at radius 2 is 1.38 bits per heavy atom. The van der Waals surface area contributed by atoms with Crippen molar-refractivity contribution in [1.82, 2.24) is 4.98 Å². The van der Waals surface area contributed by atoms with Crippen LogP contribution >= 0.6 is 22.9 Å². The molecule has 0 fully saturated rings. The maximum atomic E-state index is 13.4. The number of ether oxygens (including phenoxy) is 1. The van der Waals surface area contributed by atoms with Gasteiger partial charge in [0, 0.05) is 27.1 Å². The second-order valence-corrected chi connectivity index (χ2v) is 9.77. The molecule has 1 N–H and O–H groups in total. The lowest BCUT2D eigenvalue weighted by Gasteiger charge is -2.18. The van der Waals surface area contributed by atoms with E-state index in [4.69, 9.17) is 16.3 Å². The predicted octanol–water partition coefficient (Wildman–Crippen LogP) is 7.50. The van der Waals surface area contributed by atoms with Gasteiger partial charge >= 0.3 is 5.97 Å². The van der Waals surface area contributed by atoms with Gasteiger partial charge in [0.1, 0.15) is 0 Å². The van der Waals surface area contributed by atoms with Gasteiger partial charge in [-0.2, -0.15) is 0 Å². The predicted molar refractivity (Wildman–Crippen MR) is 152 cm³/mol. The largest absolute Gasteiger partial charge is 0.445 e. The Bertz CT molecular complexity index is 1620. The van der Waals surface area contributed by atoms with E-state index in [1.165, 1.54) is 23.5 Å². The second-order valence-electron chi connectivity index (χ2n) is 8.47. The van der Waals surface area contributed by atoms with Crippen molar-refractivity contribution in [3.63, 3.8) is 0 Å². The molecule has 0 spiro atoms. The molecule has 192 valence electrons. The van der Waals surface area contributed by atoms with Crippen LogP contribution in [-0.4, -0.2) is 22.6 Å². The number of carbonyl (C=O) groups is 3. The van der Waals surface area contributed by atoms with E-state index < -0.39 is 23.8 Å². The molecule has 5 rings (SSSR count). The van der Waals surface area contributed by atoms with E-state index in [1.54, 1.807) is 66.7 Å². The Kier molecular flexibility index (Phi) is 7.91. The van der Waals surface area contributed by atoms with Gasteiger partial charge in [-0.25, -0.2) is 9.78 Å². The van der Waals surface area contributed by atoms with Gasteiger partial charge in [0.25, 0.3) is 5.91 Å². The molecule has 0 unspecified atom stereocenters. The van der Waals surface area contributed by atoms with Crippen molar-refractivity contribution in [2.75, 3.05) is 5.32 Å². The molecule has 0 radical (unpaired) electrons. The van der Waals surface area contributed by atoms with E-state index in [2.05, 4.69) is 10.3 Å². The Balaban J connectivity index is 1.39. The van der Waals surface area contributed by atoms with Crippen LogP contribution in [0.5, 0.6) is 0 Å². The third-order valence-electron chi connectivity index (χ3n) is 5.88. The molecule has 4 aromatic carbocycles. The zero-order valence-corrected chi connectivity index (χ0v) is 22.0. The van der Waals surface area contributed by atoms with E-state index in [-0.39, 0.29) is 11.1 Å². The van der Waals surface area contributed by atoms with Crippen LogP contribution in [0.25, 0.3) is 11.3 Å². The number of rotatable bonds is 8. The summed E-state index contributed by atoms with van der Waals surface area (Å²) in [4.78, 5) is 44.5. The van der Waals surface area contributed by atoms with E-state index in [0.29, 0.717) is 21.3 Å². The first-order chi connectivity index (χ1) is 19.0. The number of benzene rings is 4. The van der Waals surface area contributed by atoms with Gasteiger partial charge in [0.05, 0.1) is 16.8 Å². The molecule has 0 saturated heterocycles. The zero-order chi connectivity index (χ0) is 27.2. The molecule has 1 atom stereocenters. The number of aromatic nitrogens is 1. The number of ketones is 1. The minimum Gasteiger partial charge on any atom is -0.445 e. The summed E-state index contributed by atoms with van der Waals surface area (Å²) < 4.78 is 5.76. The Hall–Kier alpha value is -4.59. The maximum Gasteiger partial charge on any atom is 0.340 e. The van der Waals surface area contributed by atoms with Gasteiger partial charge in [-0.05, 0) is 24.3 Å². The zero-order valence-electron chi connectivity index (χ0n) is 20.4. The first kappa shape index (κ1) is 26.0. The number of nitrogens with zero attached hydrogens (tertiary/aromatic N) is 1. The number of anilines is 1. The molecular formula is C31H21ClN2O4S. The van der Waals surface area contributed by atoms with Crippen molar-refractivity contribution in [3.8, 4) is 11.3 Å². The lowest BCUT2D eigenvalue weighted by atomic mass is 9.99. The van der Waals surface area contributed by atoms with Crippen LogP contribution in [0.15, 0.2) is 115 Å². The van der Waals surface area contributed by atoms with E-state index in [1.807, 2.05) is 35.7 Å². The molecule has 1 heterocycles. The van der Waals surface area contributed by atoms with Gasteiger partial charge in [0.15, 0.2) is 11.2 Å². The lowest BCUT2D eigenvalue weighted by molar-refractivity contribution is 0.0278. The molecule has 0 bridgehead atoms. The molecule has 6 nitrogen and oxygen atoms in total. The average molecular weight is 553 g/mol. The fourth-order valence-corrected chi connectivity index (χ4v) is 4.77. The topological polar surface area (TPSA) is 85.4 Å². The van der Waals surface area contributed by atoms with Crippen molar-refractivity contribution >= 4 is 45.7 Å². The molecule has 8 heteroatoms. The number of thiazole rings is 1. The van der Waals surface area contributed by atoms with Crippen LogP contribution < -0.4 is 5.32 Å². The summed E-state index contributed by atoms with van der Waals surface area (Å²) in [5, 5.41) is 5.48. The van der Waals surface area contributed by atoms with E-state index in [0.717, 1.165) is 11.3 Å². The number of halogens is 1. The fraction of sp³-hybridized carbons (Fsp3) is 0.0323. The standard InChI is InChI=1S/C31H21ClN2O4S/c32-23-17-15-22(16-18-23)28(27(35)21-11-5-2-6-12-21)38-30(37)25-14-8-7-13-24(25)29(36)34-31-33-26(19-39-31)20-9-3-1-4-10-20/h1-19,28H,(H,33,34,36)/t28-/m1/s1. The summed E-state index contributed by atoms with van der Waals surface area (Å²) in [6, 6.07) is 30.9. The summed E-state index contributed by atoms with van der Waals surface area (Å²) in [5.41, 5.74) is 2.62. The summed E-state index contributed by atoms with van der Waals surface area (Å²) in [5.74, 6) is -1.73. The number of esters is 1. The molecule has 1 amide bonds. The minimum atomic E-state index is -1.24. The van der Waals surface area contributed by atoms with Crippen molar-refractivity contribution < 1.29 is 19.1 Å². The highest BCUT2D eigenvalue weighted by Gasteiger charge is 2.28. The number of amides is 1. The SMILES string of the molecule is O=C(Nc1nc(-c2ccccc2)cs1)c1ccccc1C(=O)O[C@@H](C(=O)c1ccccc1)c1ccc(Cl)cc1. The Morgan fingerprint density at radius 1 is 0.769 bits per heavy atom. The molecule has 0 saturated carbocycles. The van der Waals surface area contributed by atoms with Crippen molar-refractivity contribution in [2.45, 2.75) is 6.10 Å². The summed E-state index contributed by atoms with van der Waals surface area (Å²) in [6.45, 7) is 0. The minimum absolute atomic E-state index is 0.0228. The van der Waals surface area contributed by atoms with Gasteiger partial charge in [0.2, 0.25) is 5.78 Å². The normalized spacial score (nSPS) is 11.4. The first-order valence-corrected chi connectivity index (χ1v) is 13.2. The van der Waals surface area contributed by atoms with Crippen LogP contribution in [0.1, 0.15) is 42.7 Å². The van der Waals surface area contributed by atoms with Gasteiger partial charge in [-0.3, -0.25) is 14.9 Å². The smallest absolute Gasteiger partial charge is 0.340 e. The summed E-state index contributed by atoms with van der Waals surface area (Å²) >= 11 is 7.31. The van der Waals surface area contributed by atoms with Gasteiger partial charge in [-0.15, -0.1) is 11.3 Å². The molecule has 39 heavy (non-hydrogen) atoms. The number of hydrogen-bond donors (Lipinski definition) is 1. The number of carbonyl (C=O) groups excluding carboxylic acids is 3. The van der Waals surface area contributed by atoms with Gasteiger partial charge in [-0.1, -0.05) is 96.5 Å². The number of Topliss-reactive ketones (excluding diaryl/α,β-unsaturated/α-hetero) is 1. The highest BCUT2D eigenvalue weighted by atomic mass is 35.5. The van der Waals surface area contributed by atoms with Crippen LogP contribution in [0.4, 0.5) is 5.13 Å². The molecule has 0 aliphatic heterocycles. The first-order valence-electron chi connectivity index (χ1n) is 12.0. The third kappa shape index (κ3) is 6.12. The lowest BCUT2D eigenvalue weighted by Crippen LogP contribution is -2.23. The third-order valence-corrected chi connectivity index (χ3v) is 6.89. The van der Waals surface area contributed by atoms with Gasteiger partial charge < -0.3 is 4.74 Å². The van der Waals surface area contributed by atoms with Crippen LogP contribution in [0.3, 0.4) is 0 Å². The second kappa shape index (κ2) is 11.9. The van der Waals surface area contributed by atoms with Crippen LogP contribution in [-0.2, 0) is 4.74 Å². The fourth-order valence-electron chi connectivity index (χ4n) is 3.93. The molecule has 0 aliphatic rings. The Morgan fingerprint density at radius 3 is 2.08 bits per heavy atom. The van der Waals surface area contributed by atoms with Crippen molar-refractivity contribution in [2.24, 2.45) is 0 Å². The molecular weight excluding hydrogens is 532 g/mol. The number of hydrogen-bond acceptors (Lipinski definition) is 6. The average Bonchev–Trinajstić information content (AvgIpc) is 3.45. The maximum absolute atomic E-state index is 13.4. The quantitative estimate of drug-likeness (QED) is 0.159. The van der Waals surface area contributed by atoms with E-state index >= 15 is 0 Å². The van der Waals surface area contributed by atoms with Crippen LogP contribution in [0.2, 0.25) is 5.02 Å². The highest BCUT2D eigenvalue weighted by Crippen LogP contribution is 2.28. The highest BCUT2D eigenvalue weighted by molar-refractivity contribution is 7.14. The Labute approximate surface area is 233 Å². The molecule has 0 aliphatic carbocycles. The van der Waals surface area contributed by atoms with Crippen LogP contribution in [0, 0.1) is 0 Å². The summed E-state index contributed by atoms with van der Waals surface area (Å²) in [6.07, 6.45) is -1.24. The molecule has 5 aromatic rings. The van der Waals surface area contributed by atoms with Crippen molar-refractivity contribution in [1.29, 1.82) is 0 Å². The molecule has 1 aromatic heterocycles. The van der Waals surface area contributed by atoms with Crippen molar-refractivity contribution in [3.05, 3.63) is 142 Å². The number of nitrogens with one attached hydrogen (secondary N) is 1. The van der Waals surface area contributed by atoms with E-state index in [9.17, 15) is 14.4 Å². The summed E-state index contributed by atoms with van der Waals surface area (Å²) in [7, 11) is 0.